The zero-order valence-electron chi connectivity index (χ0n) is 29.1. The van der Waals surface area contributed by atoms with Crippen LogP contribution in [0.15, 0.2) is 48.6 Å². The van der Waals surface area contributed by atoms with Gasteiger partial charge in [0.2, 0.25) is 0 Å². The Morgan fingerprint density at radius 2 is 0.911 bits per heavy atom. The maximum Gasteiger partial charge on any atom is 0.306 e. The van der Waals surface area contributed by atoms with Gasteiger partial charge in [-0.3, -0.25) is 14.8 Å². The van der Waals surface area contributed by atoms with Crippen LogP contribution in [0.2, 0.25) is 0 Å². The minimum Gasteiger partial charge on any atom is -0.462 e. The molecule has 0 amide bonds. The summed E-state index contributed by atoms with van der Waals surface area (Å²) in [5.74, 6) is -0.666. The summed E-state index contributed by atoms with van der Waals surface area (Å²) in [6, 6.07) is 0. The van der Waals surface area contributed by atoms with E-state index >= 15 is 0 Å². The van der Waals surface area contributed by atoms with Gasteiger partial charge in [-0.15, -0.1) is 0 Å². The summed E-state index contributed by atoms with van der Waals surface area (Å²) in [4.78, 5) is 28.5. The lowest BCUT2D eigenvalue weighted by atomic mass is 10.1. The summed E-state index contributed by atoms with van der Waals surface area (Å²) < 4.78 is 10.6. The molecule has 1 N–H and O–H groups in total. The van der Waals surface area contributed by atoms with E-state index in [2.05, 4.69) is 67.3 Å². The van der Waals surface area contributed by atoms with Gasteiger partial charge < -0.3 is 9.47 Å². The highest BCUT2D eigenvalue weighted by Crippen LogP contribution is 2.11. The van der Waals surface area contributed by atoms with Crippen molar-refractivity contribution in [1.29, 1.82) is 0 Å². The SMILES string of the molecule is CCCCC/C=C\C/C=C\CCCCCCCC(=O)OCC(COO)OC(=O)CCCCCCC/C=C\C/C=C\CCCCC. The Hall–Kier alpha value is -2.18. The molecular weight excluding hydrogens is 564 g/mol. The molecule has 0 aliphatic carbocycles. The summed E-state index contributed by atoms with van der Waals surface area (Å²) in [5.41, 5.74) is 0. The number of hydrogen-bond donors (Lipinski definition) is 1. The molecule has 0 aromatic rings. The van der Waals surface area contributed by atoms with Crippen molar-refractivity contribution >= 4 is 11.9 Å². The van der Waals surface area contributed by atoms with Crippen molar-refractivity contribution in [2.24, 2.45) is 0 Å². The van der Waals surface area contributed by atoms with Crippen LogP contribution in [0.25, 0.3) is 0 Å². The Morgan fingerprint density at radius 3 is 1.36 bits per heavy atom. The maximum absolute atomic E-state index is 12.2. The molecule has 6 nitrogen and oxygen atoms in total. The average Bonchev–Trinajstić information content (AvgIpc) is 3.03. The Bertz CT molecular complexity index is 769. The second-order valence-corrected chi connectivity index (χ2v) is 12.1. The minimum absolute atomic E-state index is 0.104. The summed E-state index contributed by atoms with van der Waals surface area (Å²) in [6.07, 6.45) is 42.7. The molecule has 45 heavy (non-hydrogen) atoms. The van der Waals surface area contributed by atoms with Crippen molar-refractivity contribution in [3.63, 3.8) is 0 Å². The van der Waals surface area contributed by atoms with Crippen molar-refractivity contribution in [3.05, 3.63) is 48.6 Å². The van der Waals surface area contributed by atoms with E-state index in [1.807, 2.05) is 0 Å². The van der Waals surface area contributed by atoms with E-state index in [0.29, 0.717) is 12.8 Å². The molecule has 6 heteroatoms. The van der Waals surface area contributed by atoms with E-state index in [1.54, 1.807) is 0 Å². The van der Waals surface area contributed by atoms with Crippen molar-refractivity contribution in [1.82, 2.24) is 0 Å². The molecule has 0 heterocycles. The Kier molecular flexibility index (Phi) is 34.5. The van der Waals surface area contributed by atoms with Crippen LogP contribution in [0.1, 0.15) is 168 Å². The van der Waals surface area contributed by atoms with Crippen molar-refractivity contribution < 1.29 is 29.2 Å². The molecule has 0 aromatic carbocycles. The van der Waals surface area contributed by atoms with Gasteiger partial charge in [-0.1, -0.05) is 127 Å². The van der Waals surface area contributed by atoms with E-state index in [9.17, 15) is 9.59 Å². The smallest absolute Gasteiger partial charge is 0.306 e. The third-order valence-electron chi connectivity index (χ3n) is 7.65. The lowest BCUT2D eigenvalue weighted by Gasteiger charge is -2.16. The van der Waals surface area contributed by atoms with Crippen molar-refractivity contribution in [2.45, 2.75) is 174 Å². The second kappa shape index (κ2) is 36.3. The van der Waals surface area contributed by atoms with Crippen LogP contribution in [0.5, 0.6) is 0 Å². The van der Waals surface area contributed by atoms with Gasteiger partial charge in [0.05, 0.1) is 0 Å². The van der Waals surface area contributed by atoms with Gasteiger partial charge in [0.25, 0.3) is 0 Å². The number of carbonyl (C=O) groups excluding carboxylic acids is 2. The fourth-order valence-electron chi connectivity index (χ4n) is 4.86. The molecule has 0 aromatic heterocycles. The van der Waals surface area contributed by atoms with Crippen LogP contribution in [0.3, 0.4) is 0 Å². The van der Waals surface area contributed by atoms with Crippen LogP contribution < -0.4 is 0 Å². The van der Waals surface area contributed by atoms with Crippen molar-refractivity contribution in [2.75, 3.05) is 13.2 Å². The van der Waals surface area contributed by atoms with Crippen LogP contribution in [0.4, 0.5) is 0 Å². The third-order valence-corrected chi connectivity index (χ3v) is 7.65. The number of esters is 2. The third kappa shape index (κ3) is 34.5. The van der Waals surface area contributed by atoms with Crippen LogP contribution >= 0.6 is 0 Å². The van der Waals surface area contributed by atoms with E-state index in [1.165, 1.54) is 57.8 Å². The molecule has 0 bridgehead atoms. The molecule has 0 rings (SSSR count). The summed E-state index contributed by atoms with van der Waals surface area (Å²) >= 11 is 0. The molecule has 0 aliphatic rings. The van der Waals surface area contributed by atoms with Crippen LogP contribution in [0, 0.1) is 0 Å². The number of hydrogen-bond acceptors (Lipinski definition) is 6. The van der Waals surface area contributed by atoms with Crippen LogP contribution in [-0.4, -0.2) is 36.5 Å². The first-order valence-electron chi connectivity index (χ1n) is 18.3. The zero-order valence-corrected chi connectivity index (χ0v) is 29.1. The fraction of sp³-hybridized carbons (Fsp3) is 0.744. The maximum atomic E-state index is 12.2. The van der Waals surface area contributed by atoms with E-state index in [-0.39, 0.29) is 25.2 Å². The monoisotopic (exact) mass is 633 g/mol. The molecule has 0 spiro atoms. The zero-order chi connectivity index (χ0) is 32.9. The molecule has 0 saturated carbocycles. The van der Waals surface area contributed by atoms with Gasteiger partial charge in [-0.05, 0) is 77.0 Å². The molecule has 0 aliphatic heterocycles. The van der Waals surface area contributed by atoms with Crippen molar-refractivity contribution in [3.8, 4) is 0 Å². The van der Waals surface area contributed by atoms with E-state index in [4.69, 9.17) is 14.7 Å². The molecule has 260 valence electrons. The normalized spacial score (nSPS) is 12.7. The first-order chi connectivity index (χ1) is 22.1. The first kappa shape index (κ1) is 42.8. The number of unbranched alkanes of at least 4 members (excludes halogenated alkanes) is 16. The van der Waals surface area contributed by atoms with Crippen LogP contribution in [-0.2, 0) is 24.0 Å². The lowest BCUT2D eigenvalue weighted by molar-refractivity contribution is -0.261. The number of ether oxygens (including phenoxy) is 2. The Morgan fingerprint density at radius 1 is 0.511 bits per heavy atom. The predicted molar refractivity (Wildman–Crippen MR) is 188 cm³/mol. The number of allylic oxidation sites excluding steroid dienone is 8. The highest BCUT2D eigenvalue weighted by Gasteiger charge is 2.17. The van der Waals surface area contributed by atoms with Gasteiger partial charge in [-0.25, -0.2) is 4.89 Å². The molecule has 0 fully saturated rings. The summed E-state index contributed by atoms with van der Waals surface area (Å²) in [6.45, 7) is 4.14. The van der Waals surface area contributed by atoms with E-state index < -0.39 is 6.10 Å². The summed E-state index contributed by atoms with van der Waals surface area (Å²) in [5, 5.41) is 8.84. The van der Waals surface area contributed by atoms with Gasteiger partial charge in [-0.2, -0.15) is 0 Å². The second-order valence-electron chi connectivity index (χ2n) is 12.1. The molecule has 0 radical (unpaired) electrons. The highest BCUT2D eigenvalue weighted by atomic mass is 17.1. The predicted octanol–water partition coefficient (Wildman–Crippen LogP) is 11.6. The largest absolute Gasteiger partial charge is 0.462 e. The van der Waals surface area contributed by atoms with Gasteiger partial charge in [0, 0.05) is 12.8 Å². The number of carbonyl (C=O) groups is 2. The summed E-state index contributed by atoms with van der Waals surface area (Å²) in [7, 11) is 0. The number of rotatable bonds is 33. The Labute approximate surface area is 276 Å². The molecule has 1 atom stereocenters. The highest BCUT2D eigenvalue weighted by molar-refractivity contribution is 5.70. The molecular formula is C39H68O6. The quantitative estimate of drug-likeness (QED) is 0.0255. The Balaban J connectivity index is 3.74. The standard InChI is InChI=1S/C39H68O6/c1-3-5-7-9-11-13-15-17-19-21-23-25-27-29-31-33-38(40)43-35-37(36-44-42)45-39(41)34-32-30-28-26-24-22-20-18-16-14-12-10-8-6-4-2/h11-14,17-20,37,42H,3-10,15-16,21-36H2,1-2H3/b13-11-,14-12-,19-17-,20-18-. The van der Waals surface area contributed by atoms with E-state index in [0.717, 1.165) is 83.5 Å². The fourth-order valence-corrected chi connectivity index (χ4v) is 4.86. The topological polar surface area (TPSA) is 82.1 Å². The lowest BCUT2D eigenvalue weighted by Crippen LogP contribution is -2.29. The first-order valence-corrected chi connectivity index (χ1v) is 18.3. The average molecular weight is 633 g/mol. The van der Waals surface area contributed by atoms with Gasteiger partial charge >= 0.3 is 11.9 Å². The van der Waals surface area contributed by atoms with Gasteiger partial charge in [0.15, 0.2) is 6.10 Å². The van der Waals surface area contributed by atoms with Gasteiger partial charge in [0.1, 0.15) is 13.2 Å². The molecule has 1 unspecified atom stereocenters. The molecule has 0 saturated heterocycles. The minimum atomic E-state index is -0.797.